The largest absolute Gasteiger partial charge is 0.421 e. The normalized spacial score (nSPS) is 23.1. The van der Waals surface area contributed by atoms with Gasteiger partial charge in [-0.2, -0.15) is 21.8 Å². The summed E-state index contributed by atoms with van der Waals surface area (Å²) in [5.74, 6) is 0.195. The molecule has 2 N–H and O–H groups in total. The van der Waals surface area contributed by atoms with Crippen LogP contribution in [0.3, 0.4) is 0 Å². The molecule has 216 valence electrons. The molecule has 4 rings (SSSR count). The molecule has 14 heteroatoms. The molecular formula is C25H32F3N3O5S3. The van der Waals surface area contributed by atoms with Crippen LogP contribution in [-0.4, -0.2) is 75.7 Å². The molecule has 1 saturated heterocycles. The Morgan fingerprint density at radius 1 is 1.10 bits per heavy atom. The van der Waals surface area contributed by atoms with Crippen LogP contribution in [0.25, 0.3) is 0 Å². The molecule has 8 nitrogen and oxygen atoms in total. The first-order valence-electron chi connectivity index (χ1n) is 12.4. The summed E-state index contributed by atoms with van der Waals surface area (Å²) in [6, 6.07) is 11.2. The minimum Gasteiger partial charge on any atom is -0.376 e. The molecule has 1 aliphatic carbocycles. The van der Waals surface area contributed by atoms with E-state index in [1.54, 1.807) is 18.2 Å². The van der Waals surface area contributed by atoms with Gasteiger partial charge in [-0.3, -0.25) is 0 Å². The van der Waals surface area contributed by atoms with E-state index in [1.807, 2.05) is 0 Å². The van der Waals surface area contributed by atoms with Crippen molar-refractivity contribution >= 4 is 32.7 Å². The minimum atomic E-state index is -4.92. The van der Waals surface area contributed by atoms with Gasteiger partial charge in [0.2, 0.25) is 20.0 Å². The van der Waals surface area contributed by atoms with E-state index < -0.39 is 42.9 Å². The first kappa shape index (κ1) is 30.3. The predicted octanol–water partition coefficient (Wildman–Crippen LogP) is 2.91. The Hall–Kier alpha value is -1.68. The molecule has 39 heavy (non-hydrogen) atoms. The van der Waals surface area contributed by atoms with Gasteiger partial charge in [0, 0.05) is 37.6 Å². The van der Waals surface area contributed by atoms with Crippen LogP contribution >= 0.6 is 12.6 Å². The monoisotopic (exact) mass is 607 g/mol. The Kier molecular flexibility index (Phi) is 8.25. The van der Waals surface area contributed by atoms with Crippen molar-refractivity contribution in [3.05, 3.63) is 59.7 Å². The zero-order valence-corrected chi connectivity index (χ0v) is 24.0. The zero-order chi connectivity index (χ0) is 28.9. The van der Waals surface area contributed by atoms with Gasteiger partial charge in [-0.25, -0.2) is 16.8 Å². The van der Waals surface area contributed by atoms with Crippen molar-refractivity contribution < 1.29 is 35.1 Å². The van der Waals surface area contributed by atoms with Crippen molar-refractivity contribution in [3.8, 4) is 0 Å². The van der Waals surface area contributed by atoms with E-state index >= 15 is 0 Å². The lowest BCUT2D eigenvalue weighted by Crippen LogP contribution is -2.64. The molecule has 2 fully saturated rings. The van der Waals surface area contributed by atoms with Gasteiger partial charge >= 0.3 is 6.18 Å². The van der Waals surface area contributed by atoms with Crippen LogP contribution in [0.4, 0.5) is 13.2 Å². The Bertz CT molecular complexity index is 1410. The molecule has 1 heterocycles. The minimum absolute atomic E-state index is 0.00125. The van der Waals surface area contributed by atoms with E-state index in [-0.39, 0.29) is 48.4 Å². The summed E-state index contributed by atoms with van der Waals surface area (Å²) >= 11 is 4.30. The number of nitrogens with one attached hydrogen (secondary N) is 1. The lowest BCUT2D eigenvalue weighted by molar-refractivity contribution is -0.258. The number of nitrogens with zero attached hydrogens (tertiary/aromatic N) is 2. The number of piperazine rings is 1. The van der Waals surface area contributed by atoms with E-state index in [9.17, 15) is 35.1 Å². The molecule has 2 aromatic carbocycles. The maximum absolute atomic E-state index is 13.7. The van der Waals surface area contributed by atoms with Gasteiger partial charge < -0.3 is 10.4 Å². The van der Waals surface area contributed by atoms with E-state index in [0.29, 0.717) is 12.5 Å². The van der Waals surface area contributed by atoms with E-state index in [0.717, 1.165) is 31.2 Å². The van der Waals surface area contributed by atoms with Gasteiger partial charge in [0.1, 0.15) is 0 Å². The number of hydrogen-bond acceptors (Lipinski definition) is 7. The highest BCUT2D eigenvalue weighted by atomic mass is 32.2. The van der Waals surface area contributed by atoms with Gasteiger partial charge in [0.15, 0.2) is 5.60 Å². The molecule has 0 radical (unpaired) electrons. The second-order valence-corrected chi connectivity index (χ2v) is 14.8. The van der Waals surface area contributed by atoms with Crippen molar-refractivity contribution in [1.29, 1.82) is 0 Å². The number of benzene rings is 2. The summed E-state index contributed by atoms with van der Waals surface area (Å²) in [5.41, 5.74) is -4.38. The molecule has 2 atom stereocenters. The topological polar surface area (TPSA) is 107 Å². The predicted molar refractivity (Wildman–Crippen MR) is 143 cm³/mol. The average molecular weight is 608 g/mol. The second-order valence-electron chi connectivity index (χ2n) is 10.5. The number of thiol groups is 1. The number of hydrogen-bond donors (Lipinski definition) is 3. The van der Waals surface area contributed by atoms with Gasteiger partial charge in [-0.1, -0.05) is 36.4 Å². The smallest absolute Gasteiger partial charge is 0.376 e. The molecule has 0 aromatic heterocycles. The van der Waals surface area contributed by atoms with Crippen LogP contribution in [0, 0.1) is 5.92 Å². The molecule has 0 spiro atoms. The fourth-order valence-electron chi connectivity index (χ4n) is 4.75. The van der Waals surface area contributed by atoms with E-state index in [2.05, 4.69) is 17.9 Å². The molecule has 1 unspecified atom stereocenters. The summed E-state index contributed by atoms with van der Waals surface area (Å²) in [6.07, 6.45) is -2.07. The quantitative estimate of drug-likeness (QED) is 0.379. The standard InChI is InChI=1S/C25H32F3N3O5S3/c1-23(32,25(26,27)28)19-9-11-20(12-10-19)24(17-31(38(2,33)34)15-18-7-8-18)16-30(14-13-29-24)39(35,36)22-6-4-3-5-21(22)37/h3-6,9-12,18,29,32,37H,7-8,13-17H2,1-2H3/t23?,24-/m1/s1. The third-order valence-electron chi connectivity index (χ3n) is 7.38. The molecule has 1 aliphatic heterocycles. The van der Waals surface area contributed by atoms with Crippen LogP contribution in [0.1, 0.15) is 30.9 Å². The van der Waals surface area contributed by atoms with Crippen LogP contribution in [0.5, 0.6) is 0 Å². The van der Waals surface area contributed by atoms with Crippen LogP contribution in [0.2, 0.25) is 0 Å². The third-order valence-corrected chi connectivity index (χ3v) is 11.0. The SMILES string of the molecule is CC(O)(c1ccc([C@]2(CN(CC3CC3)S(C)(=O)=O)CN(S(=O)(=O)c3ccccc3S)CCN2)cc1)C(F)(F)F. The Morgan fingerprint density at radius 3 is 2.26 bits per heavy atom. The Labute approximate surface area is 232 Å². The van der Waals surface area contributed by atoms with Crippen molar-refractivity contribution in [1.82, 2.24) is 13.9 Å². The van der Waals surface area contributed by atoms with Crippen LogP contribution in [-0.2, 0) is 31.2 Å². The zero-order valence-electron chi connectivity index (χ0n) is 21.5. The van der Waals surface area contributed by atoms with Crippen molar-refractivity contribution in [2.24, 2.45) is 5.92 Å². The summed E-state index contributed by atoms with van der Waals surface area (Å²) < 4.78 is 95.7. The molecular weight excluding hydrogens is 575 g/mol. The van der Waals surface area contributed by atoms with E-state index in [1.165, 1.54) is 26.8 Å². The Morgan fingerprint density at radius 2 is 1.72 bits per heavy atom. The molecule has 2 aromatic rings. The van der Waals surface area contributed by atoms with Crippen molar-refractivity contribution in [2.75, 3.05) is 39.0 Å². The highest BCUT2D eigenvalue weighted by Gasteiger charge is 2.51. The first-order valence-corrected chi connectivity index (χ1v) is 16.1. The lowest BCUT2D eigenvalue weighted by atomic mass is 9.85. The van der Waals surface area contributed by atoms with Gasteiger partial charge in [0.05, 0.1) is 16.7 Å². The number of rotatable bonds is 9. The maximum Gasteiger partial charge on any atom is 0.421 e. The molecule has 0 bridgehead atoms. The number of alkyl halides is 3. The van der Waals surface area contributed by atoms with Gasteiger partial charge in [-0.15, -0.1) is 12.6 Å². The van der Waals surface area contributed by atoms with Crippen molar-refractivity contribution in [3.63, 3.8) is 0 Å². The Balaban J connectivity index is 1.78. The number of aliphatic hydroxyl groups is 1. The second kappa shape index (κ2) is 10.6. The highest BCUT2D eigenvalue weighted by molar-refractivity contribution is 7.90. The first-order chi connectivity index (χ1) is 18.0. The fraction of sp³-hybridized carbons (Fsp3) is 0.520. The van der Waals surface area contributed by atoms with E-state index in [4.69, 9.17) is 0 Å². The maximum atomic E-state index is 13.7. The van der Waals surface area contributed by atoms with Crippen LogP contribution in [0.15, 0.2) is 58.3 Å². The summed E-state index contributed by atoms with van der Waals surface area (Å²) in [7, 11) is -7.75. The van der Waals surface area contributed by atoms with Gasteiger partial charge in [-0.05, 0) is 48.9 Å². The molecule has 0 amide bonds. The number of sulfonamides is 2. The highest BCUT2D eigenvalue weighted by Crippen LogP contribution is 2.40. The van der Waals surface area contributed by atoms with Crippen LogP contribution < -0.4 is 5.32 Å². The van der Waals surface area contributed by atoms with Gasteiger partial charge in [0.25, 0.3) is 0 Å². The van der Waals surface area contributed by atoms with Crippen molar-refractivity contribution in [2.45, 2.75) is 46.9 Å². The average Bonchev–Trinajstić information content (AvgIpc) is 3.67. The molecule has 2 aliphatic rings. The lowest BCUT2D eigenvalue weighted by Gasteiger charge is -2.45. The summed E-state index contributed by atoms with van der Waals surface area (Å²) in [6.45, 7) is 0.858. The number of halogens is 3. The summed E-state index contributed by atoms with van der Waals surface area (Å²) in [5, 5.41) is 13.4. The fourth-order valence-corrected chi connectivity index (χ4v) is 7.78. The summed E-state index contributed by atoms with van der Waals surface area (Å²) in [4.78, 5) is 0.255. The molecule has 1 saturated carbocycles. The third kappa shape index (κ3) is 6.31.